The summed E-state index contributed by atoms with van der Waals surface area (Å²) in [5.41, 5.74) is 8.32. The molecule has 1 aromatic carbocycles. The summed E-state index contributed by atoms with van der Waals surface area (Å²) in [5, 5.41) is 0. The Morgan fingerprint density at radius 1 is 1.38 bits per heavy atom. The molecule has 0 aliphatic carbocycles. The maximum Gasteiger partial charge on any atom is 0.0681 e. The average Bonchev–Trinajstić information content (AvgIpc) is 2.17. The molecule has 0 fully saturated rings. The lowest BCUT2D eigenvalue weighted by atomic mass is 9.91. The molecular formula is C14H23NO. The number of hydrogen-bond acceptors (Lipinski definition) is 2. The Kier molecular flexibility index (Phi) is 4.51. The van der Waals surface area contributed by atoms with Crippen molar-refractivity contribution >= 4 is 0 Å². The lowest BCUT2D eigenvalue weighted by Crippen LogP contribution is -2.37. The SMILES string of the molecule is COCC(C)(N)c1cccc(CC(C)C)c1. The Hall–Kier alpha value is -0.860. The Morgan fingerprint density at radius 3 is 2.62 bits per heavy atom. The largest absolute Gasteiger partial charge is 0.382 e. The predicted molar refractivity (Wildman–Crippen MR) is 68.4 cm³/mol. The molecule has 0 aliphatic rings. The molecule has 0 aromatic heterocycles. The second-order valence-corrected chi connectivity index (χ2v) is 5.15. The first-order valence-corrected chi connectivity index (χ1v) is 5.83. The summed E-state index contributed by atoms with van der Waals surface area (Å²) in [6, 6.07) is 8.50. The first-order chi connectivity index (χ1) is 7.45. The van der Waals surface area contributed by atoms with Crippen LogP contribution >= 0.6 is 0 Å². The van der Waals surface area contributed by atoms with E-state index >= 15 is 0 Å². The van der Waals surface area contributed by atoms with Crippen molar-refractivity contribution in [2.24, 2.45) is 11.7 Å². The zero-order valence-electron chi connectivity index (χ0n) is 10.8. The molecule has 1 atom stereocenters. The number of nitrogens with two attached hydrogens (primary N) is 1. The molecule has 2 N–H and O–H groups in total. The van der Waals surface area contributed by atoms with E-state index in [1.807, 2.05) is 6.92 Å². The number of ether oxygens (including phenoxy) is 1. The van der Waals surface area contributed by atoms with Gasteiger partial charge in [0.1, 0.15) is 0 Å². The predicted octanol–water partition coefficient (Wildman–Crippen LogP) is 2.71. The molecule has 1 rings (SSSR count). The molecule has 2 nitrogen and oxygen atoms in total. The monoisotopic (exact) mass is 221 g/mol. The van der Waals surface area contributed by atoms with Crippen LogP contribution in [0.15, 0.2) is 24.3 Å². The number of hydrogen-bond donors (Lipinski definition) is 1. The molecule has 0 aliphatic heterocycles. The number of rotatable bonds is 5. The Labute approximate surface area is 98.8 Å². The van der Waals surface area contributed by atoms with Crippen LogP contribution in [0.1, 0.15) is 31.9 Å². The van der Waals surface area contributed by atoms with E-state index in [-0.39, 0.29) is 0 Å². The van der Waals surface area contributed by atoms with Gasteiger partial charge < -0.3 is 10.5 Å². The van der Waals surface area contributed by atoms with Gasteiger partial charge in [-0.05, 0) is 30.4 Å². The van der Waals surface area contributed by atoms with Crippen LogP contribution in [0.4, 0.5) is 0 Å². The molecule has 0 heterocycles. The van der Waals surface area contributed by atoms with Crippen molar-refractivity contribution in [3.05, 3.63) is 35.4 Å². The van der Waals surface area contributed by atoms with Gasteiger partial charge in [-0.2, -0.15) is 0 Å². The Morgan fingerprint density at radius 2 is 2.06 bits per heavy atom. The number of benzene rings is 1. The van der Waals surface area contributed by atoms with Crippen molar-refractivity contribution in [1.82, 2.24) is 0 Å². The summed E-state index contributed by atoms with van der Waals surface area (Å²) in [4.78, 5) is 0. The lowest BCUT2D eigenvalue weighted by molar-refractivity contribution is 0.141. The van der Waals surface area contributed by atoms with E-state index in [4.69, 9.17) is 10.5 Å². The van der Waals surface area contributed by atoms with Crippen molar-refractivity contribution < 1.29 is 4.74 Å². The van der Waals surface area contributed by atoms with Crippen LogP contribution in [0.5, 0.6) is 0 Å². The summed E-state index contributed by atoms with van der Waals surface area (Å²) in [7, 11) is 1.68. The molecule has 0 saturated heterocycles. The lowest BCUT2D eigenvalue weighted by Gasteiger charge is -2.25. The summed E-state index contributed by atoms with van der Waals surface area (Å²) in [6.07, 6.45) is 1.09. The highest BCUT2D eigenvalue weighted by molar-refractivity contribution is 5.29. The highest BCUT2D eigenvalue weighted by atomic mass is 16.5. The van der Waals surface area contributed by atoms with E-state index in [1.54, 1.807) is 7.11 Å². The topological polar surface area (TPSA) is 35.2 Å². The van der Waals surface area contributed by atoms with Crippen LogP contribution in [0, 0.1) is 5.92 Å². The maximum atomic E-state index is 6.22. The van der Waals surface area contributed by atoms with E-state index in [9.17, 15) is 0 Å². The van der Waals surface area contributed by atoms with Crippen LogP contribution < -0.4 is 5.73 Å². The minimum Gasteiger partial charge on any atom is -0.382 e. The zero-order valence-corrected chi connectivity index (χ0v) is 10.8. The van der Waals surface area contributed by atoms with Crippen molar-refractivity contribution in [1.29, 1.82) is 0 Å². The third-order valence-electron chi connectivity index (χ3n) is 2.67. The quantitative estimate of drug-likeness (QED) is 0.829. The van der Waals surface area contributed by atoms with Gasteiger partial charge in [-0.15, -0.1) is 0 Å². The summed E-state index contributed by atoms with van der Waals surface area (Å²) in [5.74, 6) is 0.668. The second kappa shape index (κ2) is 5.46. The van der Waals surface area contributed by atoms with Gasteiger partial charge in [0.05, 0.1) is 12.1 Å². The minimum atomic E-state index is -0.401. The van der Waals surface area contributed by atoms with Gasteiger partial charge >= 0.3 is 0 Å². The molecule has 1 unspecified atom stereocenters. The molecule has 0 amide bonds. The van der Waals surface area contributed by atoms with E-state index in [1.165, 1.54) is 5.56 Å². The van der Waals surface area contributed by atoms with Gasteiger partial charge in [-0.1, -0.05) is 38.1 Å². The van der Waals surface area contributed by atoms with Gasteiger partial charge in [0.2, 0.25) is 0 Å². The molecular weight excluding hydrogens is 198 g/mol. The fourth-order valence-corrected chi connectivity index (χ4v) is 1.91. The van der Waals surface area contributed by atoms with Crippen molar-refractivity contribution in [2.75, 3.05) is 13.7 Å². The fourth-order valence-electron chi connectivity index (χ4n) is 1.91. The van der Waals surface area contributed by atoms with Crippen molar-refractivity contribution in [3.8, 4) is 0 Å². The van der Waals surface area contributed by atoms with E-state index in [2.05, 4.69) is 38.1 Å². The van der Waals surface area contributed by atoms with Gasteiger partial charge in [-0.25, -0.2) is 0 Å². The van der Waals surface area contributed by atoms with Crippen molar-refractivity contribution in [3.63, 3.8) is 0 Å². The molecule has 0 saturated carbocycles. The number of methoxy groups -OCH3 is 1. The smallest absolute Gasteiger partial charge is 0.0681 e. The third-order valence-corrected chi connectivity index (χ3v) is 2.67. The average molecular weight is 221 g/mol. The van der Waals surface area contributed by atoms with Gasteiger partial charge in [-0.3, -0.25) is 0 Å². The second-order valence-electron chi connectivity index (χ2n) is 5.15. The Balaban J connectivity index is 2.89. The van der Waals surface area contributed by atoms with E-state index in [0.29, 0.717) is 12.5 Å². The highest BCUT2D eigenvalue weighted by Gasteiger charge is 2.21. The molecule has 0 bridgehead atoms. The fraction of sp³-hybridized carbons (Fsp3) is 0.571. The Bertz CT molecular complexity index is 331. The first-order valence-electron chi connectivity index (χ1n) is 5.83. The third kappa shape index (κ3) is 3.62. The van der Waals surface area contributed by atoms with Crippen LogP contribution in [0.3, 0.4) is 0 Å². The van der Waals surface area contributed by atoms with Gasteiger partial charge in [0.15, 0.2) is 0 Å². The van der Waals surface area contributed by atoms with E-state index in [0.717, 1.165) is 12.0 Å². The first kappa shape index (κ1) is 13.2. The zero-order chi connectivity index (χ0) is 12.2. The van der Waals surface area contributed by atoms with Gasteiger partial charge in [0.25, 0.3) is 0 Å². The van der Waals surface area contributed by atoms with Crippen LogP contribution in [0.25, 0.3) is 0 Å². The highest BCUT2D eigenvalue weighted by Crippen LogP contribution is 2.20. The van der Waals surface area contributed by atoms with Crippen LogP contribution in [0.2, 0.25) is 0 Å². The molecule has 90 valence electrons. The van der Waals surface area contributed by atoms with Gasteiger partial charge in [0, 0.05) is 7.11 Å². The normalized spacial score (nSPS) is 15.1. The molecule has 16 heavy (non-hydrogen) atoms. The standard InChI is InChI=1S/C14H23NO/c1-11(2)8-12-6-5-7-13(9-12)14(3,15)10-16-4/h5-7,9,11H,8,10,15H2,1-4H3. The summed E-state index contributed by atoms with van der Waals surface area (Å²) < 4.78 is 5.16. The minimum absolute atomic E-state index is 0.401. The molecule has 2 heteroatoms. The summed E-state index contributed by atoms with van der Waals surface area (Å²) >= 11 is 0. The van der Waals surface area contributed by atoms with Crippen LogP contribution in [-0.4, -0.2) is 13.7 Å². The molecule has 0 spiro atoms. The molecule has 1 aromatic rings. The van der Waals surface area contributed by atoms with Crippen LogP contribution in [-0.2, 0) is 16.7 Å². The van der Waals surface area contributed by atoms with Crippen molar-refractivity contribution in [2.45, 2.75) is 32.7 Å². The van der Waals surface area contributed by atoms with E-state index < -0.39 is 5.54 Å². The summed E-state index contributed by atoms with van der Waals surface area (Å²) in [6.45, 7) is 7.00. The molecule has 0 radical (unpaired) electrons. The maximum absolute atomic E-state index is 6.22.